The number of hydrogen-bond acceptors (Lipinski definition) is 6. The largest absolute Gasteiger partial charge is 0.492 e. The van der Waals surface area contributed by atoms with Gasteiger partial charge in [0.1, 0.15) is 12.4 Å². The Hall–Kier alpha value is -1.90. The summed E-state index contributed by atoms with van der Waals surface area (Å²) < 4.78 is 38.2. The van der Waals surface area contributed by atoms with Crippen LogP contribution in [0.15, 0.2) is 41.7 Å². The van der Waals surface area contributed by atoms with Crippen molar-refractivity contribution in [3.05, 3.63) is 42.2 Å². The Kier molecular flexibility index (Phi) is 7.09. The minimum absolute atomic E-state index is 0.167. The Balaban J connectivity index is 1.63. The first-order valence-corrected chi connectivity index (χ1v) is 11.3. The number of imidazole rings is 1. The highest BCUT2D eigenvalue weighted by molar-refractivity contribution is 7.91. The van der Waals surface area contributed by atoms with Crippen LogP contribution < -0.4 is 4.74 Å². The molecule has 2 aromatic rings. The van der Waals surface area contributed by atoms with Gasteiger partial charge in [0.2, 0.25) is 15.0 Å². The van der Waals surface area contributed by atoms with E-state index in [1.54, 1.807) is 17.9 Å². The maximum absolute atomic E-state index is 12.7. The second-order valence-electron chi connectivity index (χ2n) is 7.30. The number of sulfone groups is 1. The van der Waals surface area contributed by atoms with E-state index >= 15 is 0 Å². The average molecular weight is 408 g/mol. The molecule has 0 bridgehead atoms. The first-order chi connectivity index (χ1) is 13.5. The third-order valence-electron chi connectivity index (χ3n) is 4.77. The molecular weight excluding hydrogens is 378 g/mol. The van der Waals surface area contributed by atoms with Crippen molar-refractivity contribution in [1.82, 2.24) is 14.5 Å². The summed E-state index contributed by atoms with van der Waals surface area (Å²) >= 11 is 0. The van der Waals surface area contributed by atoms with Gasteiger partial charge in [-0.2, -0.15) is 0 Å². The van der Waals surface area contributed by atoms with Crippen LogP contribution in [0.2, 0.25) is 0 Å². The molecule has 3 rings (SSSR count). The standard InChI is InChI=1S/C20H29N3O4S/c1-22(10-13-27-19-6-4-3-5-7-19)15-18-14-21-20(23(18)11-12-26-2)28(24,25)16-17-8-9-17/h3-7,14,17H,8-13,15-16H2,1-2H3. The van der Waals surface area contributed by atoms with Crippen LogP contribution in [0, 0.1) is 5.92 Å². The lowest BCUT2D eigenvalue weighted by atomic mass is 10.3. The van der Waals surface area contributed by atoms with E-state index in [9.17, 15) is 8.42 Å². The molecule has 154 valence electrons. The Labute approximate surface area is 167 Å². The van der Waals surface area contributed by atoms with Gasteiger partial charge in [0.25, 0.3) is 0 Å². The summed E-state index contributed by atoms with van der Waals surface area (Å²) in [4.78, 5) is 6.36. The van der Waals surface area contributed by atoms with Crippen LogP contribution in [0.25, 0.3) is 0 Å². The first-order valence-electron chi connectivity index (χ1n) is 9.62. The van der Waals surface area contributed by atoms with Crippen molar-refractivity contribution in [3.63, 3.8) is 0 Å². The molecule has 1 fully saturated rings. The highest BCUT2D eigenvalue weighted by atomic mass is 32.2. The molecule has 1 heterocycles. The predicted octanol–water partition coefficient (Wildman–Crippen LogP) is 2.22. The van der Waals surface area contributed by atoms with Crippen LogP contribution in [0.1, 0.15) is 18.5 Å². The van der Waals surface area contributed by atoms with E-state index in [0.29, 0.717) is 38.8 Å². The highest BCUT2D eigenvalue weighted by Crippen LogP contribution is 2.32. The van der Waals surface area contributed by atoms with Crippen LogP contribution in [-0.2, 0) is 27.7 Å². The lowest BCUT2D eigenvalue weighted by Gasteiger charge is -2.19. The molecule has 28 heavy (non-hydrogen) atoms. The molecule has 1 aromatic carbocycles. The quantitative estimate of drug-likeness (QED) is 0.537. The van der Waals surface area contributed by atoms with Crippen molar-refractivity contribution in [2.75, 3.05) is 39.7 Å². The molecule has 0 saturated heterocycles. The Bertz CT molecular complexity index is 848. The molecule has 0 N–H and O–H groups in total. The molecule has 1 aliphatic carbocycles. The second kappa shape index (κ2) is 9.54. The lowest BCUT2D eigenvalue weighted by molar-refractivity contribution is 0.181. The van der Waals surface area contributed by atoms with Crippen LogP contribution in [0.5, 0.6) is 5.75 Å². The number of methoxy groups -OCH3 is 1. The molecule has 0 spiro atoms. The summed E-state index contributed by atoms with van der Waals surface area (Å²) in [6.07, 6.45) is 3.66. The number of ether oxygens (including phenoxy) is 2. The molecule has 7 nitrogen and oxygen atoms in total. The second-order valence-corrected chi connectivity index (χ2v) is 9.23. The van der Waals surface area contributed by atoms with Gasteiger partial charge in [0.15, 0.2) is 0 Å². The Morgan fingerprint density at radius 1 is 1.21 bits per heavy atom. The summed E-state index contributed by atoms with van der Waals surface area (Å²) in [6, 6.07) is 9.69. The molecule has 1 aliphatic rings. The van der Waals surface area contributed by atoms with Gasteiger partial charge in [-0.05, 0) is 37.9 Å². The summed E-state index contributed by atoms with van der Waals surface area (Å²) in [6.45, 7) is 2.78. The van der Waals surface area contributed by atoms with Crippen molar-refractivity contribution < 1.29 is 17.9 Å². The van der Waals surface area contributed by atoms with E-state index in [1.165, 1.54) is 0 Å². The molecule has 0 amide bonds. The van der Waals surface area contributed by atoms with Gasteiger partial charge in [-0.3, -0.25) is 4.90 Å². The minimum atomic E-state index is -3.37. The summed E-state index contributed by atoms with van der Waals surface area (Å²) in [5.41, 5.74) is 0.869. The van der Waals surface area contributed by atoms with Crippen molar-refractivity contribution in [3.8, 4) is 5.75 Å². The average Bonchev–Trinajstić information content (AvgIpc) is 3.38. The fraction of sp³-hybridized carbons (Fsp3) is 0.550. The minimum Gasteiger partial charge on any atom is -0.492 e. The molecule has 8 heteroatoms. The van der Waals surface area contributed by atoms with E-state index in [0.717, 1.165) is 24.3 Å². The summed E-state index contributed by atoms with van der Waals surface area (Å²) in [5, 5.41) is 0.167. The zero-order valence-corrected chi connectivity index (χ0v) is 17.4. The maximum atomic E-state index is 12.7. The van der Waals surface area contributed by atoms with E-state index < -0.39 is 9.84 Å². The Morgan fingerprint density at radius 2 is 1.96 bits per heavy atom. The number of benzene rings is 1. The predicted molar refractivity (Wildman–Crippen MR) is 107 cm³/mol. The fourth-order valence-corrected chi connectivity index (χ4v) is 4.91. The van der Waals surface area contributed by atoms with Crippen molar-refractivity contribution >= 4 is 9.84 Å². The number of hydrogen-bond donors (Lipinski definition) is 0. The van der Waals surface area contributed by atoms with Crippen LogP contribution in [0.3, 0.4) is 0 Å². The first kappa shape index (κ1) is 20.8. The third kappa shape index (κ3) is 5.80. The smallest absolute Gasteiger partial charge is 0.227 e. The molecule has 0 radical (unpaired) electrons. The van der Waals surface area contributed by atoms with Gasteiger partial charge in [0.05, 0.1) is 24.3 Å². The number of rotatable bonds is 12. The van der Waals surface area contributed by atoms with Crippen molar-refractivity contribution in [2.24, 2.45) is 5.92 Å². The molecular formula is C20H29N3O4S. The summed E-state index contributed by atoms with van der Waals surface area (Å²) in [7, 11) is 0.227. The van der Waals surface area contributed by atoms with E-state index in [2.05, 4.69) is 9.88 Å². The zero-order valence-electron chi connectivity index (χ0n) is 16.6. The normalized spacial score (nSPS) is 14.5. The SMILES string of the molecule is COCCn1c(CN(C)CCOc2ccccc2)cnc1S(=O)(=O)CC1CC1. The monoisotopic (exact) mass is 407 g/mol. The van der Waals surface area contributed by atoms with Crippen molar-refractivity contribution in [1.29, 1.82) is 0 Å². The molecule has 1 aromatic heterocycles. The van der Waals surface area contributed by atoms with E-state index in [1.807, 2.05) is 37.4 Å². The fourth-order valence-electron chi connectivity index (χ4n) is 3.05. The summed E-state index contributed by atoms with van der Waals surface area (Å²) in [5.74, 6) is 1.32. The zero-order chi connectivity index (χ0) is 20.0. The van der Waals surface area contributed by atoms with E-state index in [4.69, 9.17) is 9.47 Å². The van der Waals surface area contributed by atoms with Gasteiger partial charge in [-0.15, -0.1) is 0 Å². The van der Waals surface area contributed by atoms with Gasteiger partial charge < -0.3 is 14.0 Å². The molecule has 0 atom stereocenters. The molecule has 0 aliphatic heterocycles. The molecule has 1 saturated carbocycles. The Morgan fingerprint density at radius 3 is 2.64 bits per heavy atom. The number of para-hydroxylation sites is 1. The number of likely N-dealkylation sites (N-methyl/N-ethyl adjacent to an activating group) is 1. The van der Waals surface area contributed by atoms with Gasteiger partial charge >= 0.3 is 0 Å². The lowest BCUT2D eigenvalue weighted by Crippen LogP contribution is -2.26. The maximum Gasteiger partial charge on any atom is 0.227 e. The van der Waals surface area contributed by atoms with Gasteiger partial charge in [-0.1, -0.05) is 18.2 Å². The number of nitrogens with zero attached hydrogens (tertiary/aromatic N) is 3. The highest BCUT2D eigenvalue weighted by Gasteiger charge is 2.32. The van der Waals surface area contributed by atoms with Crippen LogP contribution in [-0.4, -0.2) is 62.5 Å². The van der Waals surface area contributed by atoms with Crippen LogP contribution in [0.4, 0.5) is 0 Å². The van der Waals surface area contributed by atoms with Gasteiger partial charge in [0, 0.05) is 26.7 Å². The van der Waals surface area contributed by atoms with Gasteiger partial charge in [-0.25, -0.2) is 13.4 Å². The molecule has 0 unspecified atom stereocenters. The van der Waals surface area contributed by atoms with E-state index in [-0.39, 0.29) is 10.9 Å². The number of aromatic nitrogens is 2. The van der Waals surface area contributed by atoms with Crippen LogP contribution >= 0.6 is 0 Å². The van der Waals surface area contributed by atoms with Crippen molar-refractivity contribution in [2.45, 2.75) is 31.1 Å². The topological polar surface area (TPSA) is 73.7 Å². The third-order valence-corrected chi connectivity index (χ3v) is 6.56.